The molecule has 0 heterocycles. The van der Waals surface area contributed by atoms with Crippen molar-refractivity contribution in [3.8, 4) is 0 Å². The molecule has 1 aliphatic rings. The number of methoxy groups -OCH3 is 3. The molecule has 0 N–H and O–H groups in total. The number of hydrogen-bond donors (Lipinski definition) is 0. The average molecular weight is 308 g/mol. The van der Waals surface area contributed by atoms with Crippen molar-refractivity contribution in [2.45, 2.75) is 31.7 Å². The van der Waals surface area contributed by atoms with Gasteiger partial charge in [0.1, 0.15) is 0 Å². The van der Waals surface area contributed by atoms with Gasteiger partial charge in [-0.15, -0.1) is 0 Å². The first-order valence-corrected chi connectivity index (χ1v) is 7.40. The van der Waals surface area contributed by atoms with Gasteiger partial charge in [-0.1, -0.05) is 30.3 Å². The van der Waals surface area contributed by atoms with Crippen LogP contribution >= 0.6 is 0 Å². The predicted molar refractivity (Wildman–Crippen MR) is 81.1 cm³/mol. The maximum Gasteiger partial charge on any atom is 0.312 e. The first-order valence-electron chi connectivity index (χ1n) is 7.40. The highest BCUT2D eigenvalue weighted by Gasteiger charge is 2.60. The van der Waals surface area contributed by atoms with E-state index in [-0.39, 0.29) is 5.97 Å². The van der Waals surface area contributed by atoms with Crippen molar-refractivity contribution in [2.24, 2.45) is 5.41 Å². The van der Waals surface area contributed by atoms with Crippen LogP contribution < -0.4 is 0 Å². The standard InChI is InChI=1S/C17H24O5/c1-19-15(18)16(12-17(13-16,20-2)21-3)9-10-22-11-14-7-5-4-6-8-14/h4-8H,9-13H2,1-3H3. The largest absolute Gasteiger partial charge is 0.469 e. The van der Waals surface area contributed by atoms with E-state index in [0.29, 0.717) is 32.5 Å². The Kier molecular flexibility index (Phi) is 5.56. The van der Waals surface area contributed by atoms with E-state index in [2.05, 4.69) is 0 Å². The van der Waals surface area contributed by atoms with Crippen molar-refractivity contribution in [1.29, 1.82) is 0 Å². The van der Waals surface area contributed by atoms with Crippen LogP contribution in [0.1, 0.15) is 24.8 Å². The third-order valence-electron chi connectivity index (χ3n) is 4.41. The zero-order valence-corrected chi connectivity index (χ0v) is 13.5. The number of carbonyl (C=O) groups excluding carboxylic acids is 1. The summed E-state index contributed by atoms with van der Waals surface area (Å²) in [5.41, 5.74) is 0.545. The lowest BCUT2D eigenvalue weighted by molar-refractivity contribution is -0.297. The third-order valence-corrected chi connectivity index (χ3v) is 4.41. The molecule has 0 spiro atoms. The van der Waals surface area contributed by atoms with Gasteiger partial charge in [0.2, 0.25) is 0 Å². The number of hydrogen-bond acceptors (Lipinski definition) is 5. The fourth-order valence-corrected chi connectivity index (χ4v) is 3.02. The smallest absolute Gasteiger partial charge is 0.312 e. The van der Waals surface area contributed by atoms with E-state index in [0.717, 1.165) is 5.56 Å². The van der Waals surface area contributed by atoms with Gasteiger partial charge in [0.05, 0.1) is 19.1 Å². The number of esters is 1. The summed E-state index contributed by atoms with van der Waals surface area (Å²) in [6.07, 6.45) is 1.59. The summed E-state index contributed by atoms with van der Waals surface area (Å²) in [6, 6.07) is 9.96. The Morgan fingerprint density at radius 1 is 1.09 bits per heavy atom. The maximum atomic E-state index is 12.1. The Labute approximate surface area is 131 Å². The topological polar surface area (TPSA) is 54.0 Å². The second-order valence-electron chi connectivity index (χ2n) is 5.73. The van der Waals surface area contributed by atoms with E-state index in [9.17, 15) is 4.79 Å². The zero-order valence-electron chi connectivity index (χ0n) is 13.5. The second-order valence-corrected chi connectivity index (χ2v) is 5.73. The van der Waals surface area contributed by atoms with Gasteiger partial charge in [-0.25, -0.2) is 0 Å². The van der Waals surface area contributed by atoms with Crippen LogP contribution in [0.2, 0.25) is 0 Å². The van der Waals surface area contributed by atoms with Crippen LogP contribution in [0.4, 0.5) is 0 Å². The van der Waals surface area contributed by atoms with Gasteiger partial charge >= 0.3 is 5.97 Å². The summed E-state index contributed by atoms with van der Waals surface area (Å²) in [5.74, 6) is -0.895. The lowest BCUT2D eigenvalue weighted by Crippen LogP contribution is -2.58. The molecule has 0 bridgehead atoms. The van der Waals surface area contributed by atoms with Crippen LogP contribution in [-0.2, 0) is 30.3 Å². The van der Waals surface area contributed by atoms with Crippen LogP contribution in [-0.4, -0.2) is 39.7 Å². The molecule has 0 aliphatic heterocycles. The SMILES string of the molecule is COC(=O)C1(CCOCc2ccccc2)CC(OC)(OC)C1. The Bertz CT molecular complexity index is 473. The van der Waals surface area contributed by atoms with E-state index in [1.807, 2.05) is 30.3 Å². The molecule has 0 amide bonds. The minimum absolute atomic E-state index is 0.222. The Morgan fingerprint density at radius 2 is 1.73 bits per heavy atom. The lowest BCUT2D eigenvalue weighted by atomic mass is 9.62. The van der Waals surface area contributed by atoms with E-state index in [4.69, 9.17) is 18.9 Å². The molecule has 0 saturated heterocycles. The molecule has 1 fully saturated rings. The minimum atomic E-state index is -0.673. The molecule has 1 saturated carbocycles. The van der Waals surface area contributed by atoms with E-state index in [1.54, 1.807) is 14.2 Å². The monoisotopic (exact) mass is 308 g/mol. The molecule has 1 aromatic carbocycles. The van der Waals surface area contributed by atoms with Crippen molar-refractivity contribution in [3.05, 3.63) is 35.9 Å². The molecule has 122 valence electrons. The van der Waals surface area contributed by atoms with E-state index < -0.39 is 11.2 Å². The van der Waals surface area contributed by atoms with Gasteiger partial charge in [0.25, 0.3) is 0 Å². The van der Waals surface area contributed by atoms with Crippen molar-refractivity contribution in [3.63, 3.8) is 0 Å². The van der Waals surface area contributed by atoms with Crippen LogP contribution in [0.15, 0.2) is 30.3 Å². The Morgan fingerprint density at radius 3 is 2.27 bits per heavy atom. The molecule has 0 unspecified atom stereocenters. The summed E-state index contributed by atoms with van der Waals surface area (Å²) >= 11 is 0. The summed E-state index contributed by atoms with van der Waals surface area (Å²) in [5, 5.41) is 0. The molecule has 0 radical (unpaired) electrons. The highest BCUT2D eigenvalue weighted by molar-refractivity contribution is 5.78. The predicted octanol–water partition coefficient (Wildman–Crippen LogP) is 2.54. The fourth-order valence-electron chi connectivity index (χ4n) is 3.02. The zero-order chi connectivity index (χ0) is 16.1. The van der Waals surface area contributed by atoms with Crippen molar-refractivity contribution >= 4 is 5.97 Å². The Hall–Kier alpha value is -1.43. The third kappa shape index (κ3) is 3.48. The van der Waals surface area contributed by atoms with Crippen molar-refractivity contribution < 1.29 is 23.7 Å². The molecule has 2 rings (SSSR count). The van der Waals surface area contributed by atoms with Gasteiger partial charge in [0.15, 0.2) is 5.79 Å². The maximum absolute atomic E-state index is 12.1. The van der Waals surface area contributed by atoms with Gasteiger partial charge < -0.3 is 18.9 Å². The van der Waals surface area contributed by atoms with Gasteiger partial charge in [-0.2, -0.15) is 0 Å². The van der Waals surface area contributed by atoms with Crippen molar-refractivity contribution in [2.75, 3.05) is 27.9 Å². The quantitative estimate of drug-likeness (QED) is 0.420. The normalized spacial score (nSPS) is 18.5. The number of ether oxygens (including phenoxy) is 4. The van der Waals surface area contributed by atoms with Gasteiger partial charge in [-0.05, 0) is 12.0 Å². The minimum Gasteiger partial charge on any atom is -0.469 e. The summed E-state index contributed by atoms with van der Waals surface area (Å²) in [4.78, 5) is 12.1. The number of benzene rings is 1. The molecule has 5 heteroatoms. The molecule has 1 aliphatic carbocycles. The van der Waals surface area contributed by atoms with Crippen LogP contribution in [0.25, 0.3) is 0 Å². The van der Waals surface area contributed by atoms with Gasteiger partial charge in [-0.3, -0.25) is 4.79 Å². The fraction of sp³-hybridized carbons (Fsp3) is 0.588. The summed E-state index contributed by atoms with van der Waals surface area (Å²) in [7, 11) is 4.60. The van der Waals surface area contributed by atoms with Crippen molar-refractivity contribution in [1.82, 2.24) is 0 Å². The average Bonchev–Trinajstić information content (AvgIpc) is 2.54. The highest BCUT2D eigenvalue weighted by Crippen LogP contribution is 2.53. The highest BCUT2D eigenvalue weighted by atomic mass is 16.7. The molecule has 22 heavy (non-hydrogen) atoms. The van der Waals surface area contributed by atoms with Gasteiger partial charge in [0, 0.05) is 33.7 Å². The molecule has 0 aromatic heterocycles. The van der Waals surface area contributed by atoms with Crippen LogP contribution in [0.3, 0.4) is 0 Å². The lowest BCUT2D eigenvalue weighted by Gasteiger charge is -2.52. The Balaban J connectivity index is 1.86. The van der Waals surface area contributed by atoms with E-state index >= 15 is 0 Å². The van der Waals surface area contributed by atoms with Crippen LogP contribution in [0, 0.1) is 5.41 Å². The summed E-state index contributed by atoms with van der Waals surface area (Å²) in [6.45, 7) is 1.03. The van der Waals surface area contributed by atoms with E-state index in [1.165, 1.54) is 7.11 Å². The molecular weight excluding hydrogens is 284 g/mol. The summed E-state index contributed by atoms with van der Waals surface area (Å²) < 4.78 is 21.4. The second kappa shape index (κ2) is 7.22. The first-order chi connectivity index (χ1) is 10.6. The molecule has 0 atom stereocenters. The van der Waals surface area contributed by atoms with Crippen LogP contribution in [0.5, 0.6) is 0 Å². The molecule has 1 aromatic rings. The molecular formula is C17H24O5. The first kappa shape index (κ1) is 16.9. The molecule has 5 nitrogen and oxygen atoms in total. The number of carbonyl (C=O) groups is 1. The number of rotatable bonds is 8.